The second kappa shape index (κ2) is 9.48. The van der Waals surface area contributed by atoms with Crippen molar-refractivity contribution in [1.29, 1.82) is 0 Å². The molecule has 0 heterocycles. The highest BCUT2D eigenvalue weighted by Crippen LogP contribution is 2.13. The van der Waals surface area contributed by atoms with Gasteiger partial charge in [0.2, 0.25) is 0 Å². The van der Waals surface area contributed by atoms with Crippen LogP contribution in [0.5, 0.6) is 0 Å². The monoisotopic (exact) mass is 230 g/mol. The van der Waals surface area contributed by atoms with Crippen LogP contribution in [0.4, 0.5) is 0 Å². The fourth-order valence-electron chi connectivity index (χ4n) is 1.43. The fourth-order valence-corrected chi connectivity index (χ4v) is 1.43. The molecule has 0 aliphatic heterocycles. The molecule has 16 heavy (non-hydrogen) atoms. The van der Waals surface area contributed by atoms with Crippen LogP contribution in [0.15, 0.2) is 0 Å². The zero-order chi connectivity index (χ0) is 12.4. The van der Waals surface area contributed by atoms with Crippen LogP contribution in [-0.2, 0) is 19.1 Å². The van der Waals surface area contributed by atoms with Crippen LogP contribution < -0.4 is 0 Å². The number of methoxy groups -OCH3 is 2. The number of Topliss-reactive ketones (excluding diaryl/α,β-unsaturated/α-hetero) is 2. The van der Waals surface area contributed by atoms with E-state index < -0.39 is 0 Å². The van der Waals surface area contributed by atoms with E-state index in [-0.39, 0.29) is 24.8 Å². The van der Waals surface area contributed by atoms with E-state index in [9.17, 15) is 9.59 Å². The summed E-state index contributed by atoms with van der Waals surface area (Å²) in [5, 5.41) is 0. The average Bonchev–Trinajstić information content (AvgIpc) is 2.24. The standard InChI is InChI=1S/C12H22O4/c1-10(4-6-11(13)8-15-2)5-7-12(14)9-16-3/h10H,4-9H2,1-3H3. The van der Waals surface area contributed by atoms with Crippen molar-refractivity contribution in [3.8, 4) is 0 Å². The molecule has 0 atom stereocenters. The van der Waals surface area contributed by atoms with Crippen molar-refractivity contribution in [1.82, 2.24) is 0 Å². The molecule has 0 aliphatic carbocycles. The fraction of sp³-hybridized carbons (Fsp3) is 0.833. The molecule has 4 nitrogen and oxygen atoms in total. The highest BCUT2D eigenvalue weighted by molar-refractivity contribution is 5.80. The first-order valence-electron chi connectivity index (χ1n) is 5.61. The summed E-state index contributed by atoms with van der Waals surface area (Å²) in [6.07, 6.45) is 2.71. The Kier molecular flexibility index (Phi) is 9.04. The van der Waals surface area contributed by atoms with Gasteiger partial charge >= 0.3 is 0 Å². The van der Waals surface area contributed by atoms with Crippen molar-refractivity contribution < 1.29 is 19.1 Å². The predicted molar refractivity (Wildman–Crippen MR) is 61.4 cm³/mol. The highest BCUT2D eigenvalue weighted by atomic mass is 16.5. The summed E-state index contributed by atoms with van der Waals surface area (Å²) in [7, 11) is 3.04. The van der Waals surface area contributed by atoms with Gasteiger partial charge in [0.15, 0.2) is 11.6 Å². The number of carbonyl (C=O) groups is 2. The average molecular weight is 230 g/mol. The van der Waals surface area contributed by atoms with Crippen LogP contribution in [0, 0.1) is 5.92 Å². The molecule has 0 bridgehead atoms. The maximum absolute atomic E-state index is 11.2. The largest absolute Gasteiger partial charge is 0.377 e. The third-order valence-corrected chi connectivity index (χ3v) is 2.44. The first kappa shape index (κ1) is 15.3. The lowest BCUT2D eigenvalue weighted by atomic mass is 9.97. The summed E-state index contributed by atoms with van der Waals surface area (Å²) in [4.78, 5) is 22.4. The van der Waals surface area contributed by atoms with Gasteiger partial charge < -0.3 is 9.47 Å². The topological polar surface area (TPSA) is 52.6 Å². The third kappa shape index (κ3) is 8.56. The Hall–Kier alpha value is -0.740. The molecule has 0 saturated heterocycles. The van der Waals surface area contributed by atoms with E-state index in [1.807, 2.05) is 0 Å². The van der Waals surface area contributed by atoms with Gasteiger partial charge in [-0.05, 0) is 18.8 Å². The predicted octanol–water partition coefficient (Wildman–Crippen LogP) is 1.61. The molecule has 4 heteroatoms. The zero-order valence-corrected chi connectivity index (χ0v) is 10.5. The minimum Gasteiger partial charge on any atom is -0.377 e. The Bertz CT molecular complexity index is 191. The summed E-state index contributed by atoms with van der Waals surface area (Å²) in [6, 6.07) is 0. The van der Waals surface area contributed by atoms with E-state index in [2.05, 4.69) is 6.92 Å². The number of hydrogen-bond donors (Lipinski definition) is 0. The molecule has 0 aromatic carbocycles. The minimum atomic E-state index is 0.123. The van der Waals surface area contributed by atoms with E-state index in [0.717, 1.165) is 12.8 Å². The lowest BCUT2D eigenvalue weighted by Crippen LogP contribution is -2.11. The van der Waals surface area contributed by atoms with E-state index in [0.29, 0.717) is 18.8 Å². The molecule has 0 saturated carbocycles. The van der Waals surface area contributed by atoms with E-state index in [4.69, 9.17) is 9.47 Å². The molecule has 0 N–H and O–H groups in total. The van der Waals surface area contributed by atoms with Gasteiger partial charge in [0.05, 0.1) is 0 Å². The number of rotatable bonds is 10. The van der Waals surface area contributed by atoms with Crippen molar-refractivity contribution in [3.63, 3.8) is 0 Å². The maximum atomic E-state index is 11.2. The normalized spacial score (nSPS) is 10.8. The van der Waals surface area contributed by atoms with Gasteiger partial charge in [0, 0.05) is 27.1 Å². The summed E-state index contributed by atoms with van der Waals surface area (Å²) < 4.78 is 9.49. The van der Waals surface area contributed by atoms with Gasteiger partial charge in [-0.3, -0.25) is 9.59 Å². The van der Waals surface area contributed by atoms with E-state index >= 15 is 0 Å². The van der Waals surface area contributed by atoms with Gasteiger partial charge in [0.25, 0.3) is 0 Å². The van der Waals surface area contributed by atoms with Crippen LogP contribution in [0.3, 0.4) is 0 Å². The lowest BCUT2D eigenvalue weighted by molar-refractivity contribution is -0.123. The summed E-state index contributed by atoms with van der Waals surface area (Å²) in [6.45, 7) is 2.44. The van der Waals surface area contributed by atoms with Crippen molar-refractivity contribution in [2.75, 3.05) is 27.4 Å². The zero-order valence-electron chi connectivity index (χ0n) is 10.5. The first-order valence-corrected chi connectivity index (χ1v) is 5.61. The molecule has 0 rings (SSSR count). The van der Waals surface area contributed by atoms with Gasteiger partial charge in [-0.1, -0.05) is 6.92 Å². The third-order valence-electron chi connectivity index (χ3n) is 2.44. The minimum absolute atomic E-state index is 0.123. The second-order valence-corrected chi connectivity index (χ2v) is 4.13. The van der Waals surface area contributed by atoms with Crippen LogP contribution in [0.1, 0.15) is 32.6 Å². The molecule has 0 aliphatic rings. The molecule has 0 unspecified atom stereocenters. The molecule has 0 amide bonds. The number of ketones is 2. The molecular weight excluding hydrogens is 208 g/mol. The quantitative estimate of drug-likeness (QED) is 0.572. The van der Waals surface area contributed by atoms with Gasteiger partial charge in [-0.25, -0.2) is 0 Å². The van der Waals surface area contributed by atoms with Gasteiger partial charge in [-0.15, -0.1) is 0 Å². The van der Waals surface area contributed by atoms with Crippen LogP contribution in [0.2, 0.25) is 0 Å². The Morgan fingerprint density at radius 1 is 0.938 bits per heavy atom. The summed E-state index contributed by atoms with van der Waals surface area (Å²) in [5.74, 6) is 0.636. The maximum Gasteiger partial charge on any atom is 0.158 e. The number of ether oxygens (including phenoxy) is 2. The Labute approximate surface area is 97.3 Å². The van der Waals surface area contributed by atoms with Crippen LogP contribution in [-0.4, -0.2) is 39.0 Å². The highest BCUT2D eigenvalue weighted by Gasteiger charge is 2.09. The Morgan fingerprint density at radius 3 is 1.62 bits per heavy atom. The molecule has 0 spiro atoms. The van der Waals surface area contributed by atoms with Gasteiger partial charge in [0.1, 0.15) is 13.2 Å². The van der Waals surface area contributed by atoms with Crippen LogP contribution in [0.25, 0.3) is 0 Å². The number of hydrogen-bond acceptors (Lipinski definition) is 4. The van der Waals surface area contributed by atoms with Gasteiger partial charge in [-0.2, -0.15) is 0 Å². The molecular formula is C12H22O4. The Morgan fingerprint density at radius 2 is 1.31 bits per heavy atom. The van der Waals surface area contributed by atoms with Crippen molar-refractivity contribution in [2.45, 2.75) is 32.6 Å². The summed E-state index contributed by atoms with van der Waals surface area (Å²) >= 11 is 0. The molecule has 94 valence electrons. The van der Waals surface area contributed by atoms with E-state index in [1.54, 1.807) is 0 Å². The molecule has 0 aromatic heterocycles. The van der Waals surface area contributed by atoms with E-state index in [1.165, 1.54) is 14.2 Å². The lowest BCUT2D eigenvalue weighted by Gasteiger charge is -2.09. The second-order valence-electron chi connectivity index (χ2n) is 4.13. The number of carbonyl (C=O) groups excluding carboxylic acids is 2. The Balaban J connectivity index is 3.54. The van der Waals surface area contributed by atoms with Crippen LogP contribution >= 0.6 is 0 Å². The smallest absolute Gasteiger partial charge is 0.158 e. The summed E-state index contributed by atoms with van der Waals surface area (Å²) in [5.41, 5.74) is 0. The molecule has 0 aromatic rings. The van der Waals surface area contributed by atoms with Crippen molar-refractivity contribution >= 4 is 11.6 Å². The van der Waals surface area contributed by atoms with Crippen molar-refractivity contribution in [3.05, 3.63) is 0 Å². The van der Waals surface area contributed by atoms with Crippen molar-refractivity contribution in [2.24, 2.45) is 5.92 Å². The molecule has 0 fully saturated rings. The first-order chi connectivity index (χ1) is 7.60. The molecule has 0 radical (unpaired) electrons. The SMILES string of the molecule is COCC(=O)CCC(C)CCC(=O)COC.